The summed E-state index contributed by atoms with van der Waals surface area (Å²) >= 11 is 1.66. The van der Waals surface area contributed by atoms with Gasteiger partial charge in [-0.25, -0.2) is 4.98 Å². The molecule has 0 fully saturated rings. The van der Waals surface area contributed by atoms with Crippen LogP contribution in [0.2, 0.25) is 0 Å². The molecule has 2 N–H and O–H groups in total. The summed E-state index contributed by atoms with van der Waals surface area (Å²) in [6, 6.07) is 4.13. The molecule has 94 valence electrons. The van der Waals surface area contributed by atoms with Crippen molar-refractivity contribution >= 4 is 29.7 Å². The molecule has 2 heterocycles. The number of pyridine rings is 1. The van der Waals surface area contributed by atoms with E-state index in [1.807, 2.05) is 32.4 Å². The number of fused-ring (bicyclic) bond motifs is 1. The first-order chi connectivity index (χ1) is 7.45. The molecule has 5 heteroatoms. The van der Waals surface area contributed by atoms with Crippen molar-refractivity contribution in [2.75, 3.05) is 6.26 Å². The summed E-state index contributed by atoms with van der Waals surface area (Å²) in [6.45, 7) is 6.06. The lowest BCUT2D eigenvalue weighted by molar-refractivity contribution is 0.509. The van der Waals surface area contributed by atoms with E-state index in [-0.39, 0.29) is 12.4 Å². The van der Waals surface area contributed by atoms with Crippen LogP contribution in [-0.4, -0.2) is 15.6 Å². The predicted octanol–water partition coefficient (Wildman–Crippen LogP) is 2.98. The number of halogens is 1. The predicted molar refractivity (Wildman–Crippen MR) is 76.2 cm³/mol. The number of hydrogen-bond acceptors (Lipinski definition) is 3. The molecule has 0 saturated carbocycles. The largest absolute Gasteiger partial charge is 0.319 e. The van der Waals surface area contributed by atoms with Crippen molar-refractivity contribution < 1.29 is 0 Å². The summed E-state index contributed by atoms with van der Waals surface area (Å²) < 4.78 is 2.10. The zero-order chi connectivity index (χ0) is 11.9. The summed E-state index contributed by atoms with van der Waals surface area (Å²) in [5, 5.41) is 1.05. The lowest BCUT2D eigenvalue weighted by Crippen LogP contribution is -2.31. The number of aromatic nitrogens is 2. The first-order valence-electron chi connectivity index (χ1n) is 5.26. The quantitative estimate of drug-likeness (QED) is 0.854. The third kappa shape index (κ3) is 2.44. The molecule has 0 aliphatic carbocycles. The number of hydrogen-bond donors (Lipinski definition) is 1. The van der Waals surface area contributed by atoms with Crippen LogP contribution in [-0.2, 0) is 5.54 Å². The average molecular weight is 272 g/mol. The van der Waals surface area contributed by atoms with Crippen LogP contribution in [0.5, 0.6) is 0 Å². The Kier molecular flexibility index (Phi) is 4.12. The van der Waals surface area contributed by atoms with Gasteiger partial charge in [0.1, 0.15) is 10.9 Å². The van der Waals surface area contributed by atoms with Gasteiger partial charge in [0, 0.05) is 6.20 Å². The van der Waals surface area contributed by atoms with Crippen LogP contribution in [0, 0.1) is 6.92 Å². The van der Waals surface area contributed by atoms with E-state index in [2.05, 4.69) is 22.4 Å². The topological polar surface area (TPSA) is 43.3 Å². The molecular weight excluding hydrogens is 254 g/mol. The average Bonchev–Trinajstić information content (AvgIpc) is 2.57. The van der Waals surface area contributed by atoms with Crippen molar-refractivity contribution in [3.8, 4) is 0 Å². The molecule has 0 aromatic carbocycles. The van der Waals surface area contributed by atoms with Crippen LogP contribution in [0.1, 0.15) is 25.2 Å². The van der Waals surface area contributed by atoms with Crippen molar-refractivity contribution in [3.63, 3.8) is 0 Å². The summed E-state index contributed by atoms with van der Waals surface area (Å²) in [5.41, 5.74) is 8.12. The molecule has 0 bridgehead atoms. The number of rotatable bonds is 2. The molecule has 0 saturated heterocycles. The highest BCUT2D eigenvalue weighted by Gasteiger charge is 2.23. The van der Waals surface area contributed by atoms with Crippen molar-refractivity contribution in [1.29, 1.82) is 0 Å². The maximum Gasteiger partial charge on any atom is 0.134 e. The van der Waals surface area contributed by atoms with Gasteiger partial charge in [-0.2, -0.15) is 0 Å². The van der Waals surface area contributed by atoms with Gasteiger partial charge in [0.25, 0.3) is 0 Å². The smallest absolute Gasteiger partial charge is 0.134 e. The summed E-state index contributed by atoms with van der Waals surface area (Å²) in [6.07, 6.45) is 4.07. The van der Waals surface area contributed by atoms with Crippen LogP contribution in [0.3, 0.4) is 0 Å². The second-order valence-corrected chi connectivity index (χ2v) is 5.37. The van der Waals surface area contributed by atoms with Crippen molar-refractivity contribution in [3.05, 3.63) is 29.7 Å². The Morgan fingerprint density at radius 2 is 2.06 bits per heavy atom. The molecule has 2 aromatic heterocycles. The first-order valence-corrected chi connectivity index (χ1v) is 6.48. The van der Waals surface area contributed by atoms with E-state index in [0.717, 1.165) is 10.9 Å². The van der Waals surface area contributed by atoms with E-state index in [1.54, 1.807) is 11.8 Å². The van der Waals surface area contributed by atoms with Crippen LogP contribution >= 0.6 is 24.2 Å². The minimum atomic E-state index is -0.426. The number of imidazole rings is 1. The fourth-order valence-electron chi connectivity index (χ4n) is 1.86. The van der Waals surface area contributed by atoms with Gasteiger partial charge in [-0.15, -0.1) is 24.2 Å². The Morgan fingerprint density at radius 3 is 2.59 bits per heavy atom. The Hall–Kier alpha value is -0.710. The van der Waals surface area contributed by atoms with Crippen LogP contribution in [0.25, 0.3) is 5.52 Å². The molecular formula is C12H18ClN3S. The summed E-state index contributed by atoms with van der Waals surface area (Å²) in [5.74, 6) is 0.913. The van der Waals surface area contributed by atoms with Gasteiger partial charge < -0.3 is 10.1 Å². The Labute approximate surface area is 112 Å². The molecule has 0 amide bonds. The molecule has 2 aromatic rings. The normalized spacial score (nSPS) is 11.6. The van der Waals surface area contributed by atoms with Gasteiger partial charge >= 0.3 is 0 Å². The van der Waals surface area contributed by atoms with E-state index < -0.39 is 5.54 Å². The van der Waals surface area contributed by atoms with Gasteiger partial charge in [0.2, 0.25) is 0 Å². The zero-order valence-corrected chi connectivity index (χ0v) is 12.2. The number of aryl methyl sites for hydroxylation is 1. The van der Waals surface area contributed by atoms with E-state index >= 15 is 0 Å². The number of thioether (sulfide) groups is 1. The minimum absolute atomic E-state index is 0. The SMILES string of the molecule is CSc1nc(C(C)(C)N)n2cccc(C)c12.Cl. The minimum Gasteiger partial charge on any atom is -0.319 e. The first kappa shape index (κ1) is 14.4. The van der Waals surface area contributed by atoms with E-state index in [9.17, 15) is 0 Å². The lowest BCUT2D eigenvalue weighted by atomic mass is 10.1. The second-order valence-electron chi connectivity index (χ2n) is 4.58. The Balaban J connectivity index is 0.00000144. The van der Waals surface area contributed by atoms with Crippen LogP contribution < -0.4 is 5.73 Å². The highest BCUT2D eigenvalue weighted by molar-refractivity contribution is 7.98. The van der Waals surface area contributed by atoms with Crippen molar-refractivity contribution in [2.45, 2.75) is 31.3 Å². The van der Waals surface area contributed by atoms with Gasteiger partial charge in [-0.3, -0.25) is 0 Å². The molecule has 0 unspecified atom stereocenters. The van der Waals surface area contributed by atoms with Gasteiger partial charge in [-0.1, -0.05) is 6.07 Å². The molecule has 0 spiro atoms. The highest BCUT2D eigenvalue weighted by atomic mass is 35.5. The van der Waals surface area contributed by atoms with Gasteiger partial charge in [-0.05, 0) is 38.7 Å². The summed E-state index contributed by atoms with van der Waals surface area (Å²) in [7, 11) is 0. The van der Waals surface area contributed by atoms with Gasteiger partial charge in [0.15, 0.2) is 0 Å². The van der Waals surface area contributed by atoms with E-state index in [4.69, 9.17) is 5.73 Å². The highest BCUT2D eigenvalue weighted by Crippen LogP contribution is 2.28. The summed E-state index contributed by atoms with van der Waals surface area (Å²) in [4.78, 5) is 4.64. The molecule has 0 aliphatic heterocycles. The maximum atomic E-state index is 6.15. The molecule has 2 rings (SSSR count). The zero-order valence-electron chi connectivity index (χ0n) is 10.5. The monoisotopic (exact) mass is 271 g/mol. The molecule has 17 heavy (non-hydrogen) atoms. The third-order valence-electron chi connectivity index (χ3n) is 2.60. The Bertz CT molecular complexity index is 528. The van der Waals surface area contributed by atoms with Crippen molar-refractivity contribution in [1.82, 2.24) is 9.38 Å². The third-order valence-corrected chi connectivity index (χ3v) is 3.27. The Morgan fingerprint density at radius 1 is 1.41 bits per heavy atom. The molecule has 0 radical (unpaired) electrons. The molecule has 3 nitrogen and oxygen atoms in total. The standard InChI is InChI=1S/C12H17N3S.ClH/c1-8-6-5-7-15-9(8)10(16-4)14-11(15)12(2,3)13;/h5-7H,13H2,1-4H3;1H. The fraction of sp³-hybridized carbons (Fsp3) is 0.417. The number of nitrogens with two attached hydrogens (primary N) is 1. The molecule has 0 aliphatic rings. The van der Waals surface area contributed by atoms with Crippen LogP contribution in [0.15, 0.2) is 23.4 Å². The maximum absolute atomic E-state index is 6.15. The fourth-order valence-corrected chi connectivity index (χ4v) is 2.50. The molecule has 0 atom stereocenters. The lowest BCUT2D eigenvalue weighted by Gasteiger charge is -2.16. The second kappa shape index (κ2) is 4.88. The van der Waals surface area contributed by atoms with Crippen molar-refractivity contribution in [2.24, 2.45) is 5.73 Å². The van der Waals surface area contributed by atoms with E-state index in [0.29, 0.717) is 0 Å². The number of nitrogens with zero attached hydrogens (tertiary/aromatic N) is 2. The van der Waals surface area contributed by atoms with Gasteiger partial charge in [0.05, 0.1) is 11.1 Å². The van der Waals surface area contributed by atoms with Crippen LogP contribution in [0.4, 0.5) is 0 Å². The van der Waals surface area contributed by atoms with E-state index in [1.165, 1.54) is 11.1 Å².